The number of esters is 1. The average molecular weight is 313 g/mol. The van der Waals surface area contributed by atoms with Crippen LogP contribution in [0.3, 0.4) is 0 Å². The zero-order chi connectivity index (χ0) is 16.7. The molecule has 1 unspecified atom stereocenters. The largest absolute Gasteiger partial charge is 0.481 e. The summed E-state index contributed by atoms with van der Waals surface area (Å²) in [5.41, 5.74) is 1.03. The van der Waals surface area contributed by atoms with Crippen molar-refractivity contribution in [2.75, 3.05) is 11.9 Å². The van der Waals surface area contributed by atoms with Crippen LogP contribution in [0.2, 0.25) is 0 Å². The molecule has 0 saturated carbocycles. The van der Waals surface area contributed by atoms with E-state index in [2.05, 4.69) is 5.32 Å². The molecule has 120 valence electrons. The van der Waals surface area contributed by atoms with Gasteiger partial charge in [-0.2, -0.15) is 0 Å². The highest BCUT2D eigenvalue weighted by atomic mass is 16.5. The van der Waals surface area contributed by atoms with Crippen molar-refractivity contribution >= 4 is 17.6 Å². The molecule has 0 aliphatic carbocycles. The van der Waals surface area contributed by atoms with Crippen molar-refractivity contribution in [1.82, 2.24) is 0 Å². The molecule has 0 aliphatic heterocycles. The van der Waals surface area contributed by atoms with Crippen molar-refractivity contribution in [1.29, 1.82) is 0 Å². The van der Waals surface area contributed by atoms with Crippen molar-refractivity contribution in [3.63, 3.8) is 0 Å². The lowest BCUT2D eigenvalue weighted by molar-refractivity contribution is -0.122. The fraction of sp³-hybridized carbons (Fsp3) is 0.222. The topological polar surface area (TPSA) is 64.6 Å². The van der Waals surface area contributed by atoms with Gasteiger partial charge in [-0.05, 0) is 50.2 Å². The first-order valence-corrected chi connectivity index (χ1v) is 7.40. The molecule has 1 amide bonds. The Morgan fingerprint density at radius 1 is 1.04 bits per heavy atom. The molecule has 2 rings (SSSR count). The van der Waals surface area contributed by atoms with Gasteiger partial charge in [-0.15, -0.1) is 0 Å². The fourth-order valence-electron chi connectivity index (χ4n) is 1.90. The van der Waals surface area contributed by atoms with E-state index in [-0.39, 0.29) is 11.9 Å². The van der Waals surface area contributed by atoms with E-state index >= 15 is 0 Å². The number of anilines is 1. The van der Waals surface area contributed by atoms with E-state index in [4.69, 9.17) is 9.47 Å². The van der Waals surface area contributed by atoms with Crippen LogP contribution in [0.25, 0.3) is 0 Å². The van der Waals surface area contributed by atoms with Gasteiger partial charge < -0.3 is 14.8 Å². The maximum absolute atomic E-state index is 12.1. The molecule has 0 heterocycles. The van der Waals surface area contributed by atoms with Crippen molar-refractivity contribution in [3.8, 4) is 5.75 Å². The van der Waals surface area contributed by atoms with E-state index in [1.54, 1.807) is 50.2 Å². The minimum absolute atomic E-state index is 0.266. The Morgan fingerprint density at radius 3 is 2.30 bits per heavy atom. The molecule has 0 aliphatic rings. The molecular weight excluding hydrogens is 294 g/mol. The number of benzene rings is 2. The lowest BCUT2D eigenvalue weighted by Crippen LogP contribution is -2.30. The standard InChI is InChI=1S/C18H19NO4/c1-3-22-18(21)14-9-11-15(12-10-14)19-17(20)13(2)23-16-7-5-4-6-8-16/h4-13H,3H2,1-2H3,(H,19,20). The SMILES string of the molecule is CCOC(=O)c1ccc(NC(=O)C(C)Oc2ccccc2)cc1. The number of rotatable bonds is 6. The van der Waals surface area contributed by atoms with Crippen molar-refractivity contribution in [3.05, 3.63) is 60.2 Å². The van der Waals surface area contributed by atoms with E-state index in [0.717, 1.165) is 0 Å². The summed E-state index contributed by atoms with van der Waals surface area (Å²) >= 11 is 0. The molecule has 23 heavy (non-hydrogen) atoms. The highest BCUT2D eigenvalue weighted by molar-refractivity contribution is 5.95. The van der Waals surface area contributed by atoms with Crippen molar-refractivity contribution in [2.45, 2.75) is 20.0 Å². The Morgan fingerprint density at radius 2 is 1.70 bits per heavy atom. The monoisotopic (exact) mass is 313 g/mol. The number of ether oxygens (including phenoxy) is 2. The maximum atomic E-state index is 12.1. The van der Waals surface area contributed by atoms with E-state index in [9.17, 15) is 9.59 Å². The average Bonchev–Trinajstić information content (AvgIpc) is 2.56. The van der Waals surface area contributed by atoms with Gasteiger partial charge in [-0.1, -0.05) is 18.2 Å². The highest BCUT2D eigenvalue weighted by Gasteiger charge is 2.15. The van der Waals surface area contributed by atoms with Crippen LogP contribution in [0.1, 0.15) is 24.2 Å². The summed E-state index contributed by atoms with van der Waals surface area (Å²) in [7, 11) is 0. The normalized spacial score (nSPS) is 11.4. The number of carbonyl (C=O) groups is 2. The summed E-state index contributed by atoms with van der Waals surface area (Å²) in [6.07, 6.45) is -0.637. The first-order chi connectivity index (χ1) is 11.1. The van der Waals surface area contributed by atoms with E-state index in [0.29, 0.717) is 23.6 Å². The second kappa shape index (κ2) is 7.98. The molecule has 0 spiro atoms. The van der Waals surface area contributed by atoms with Crippen LogP contribution in [0.4, 0.5) is 5.69 Å². The molecule has 0 radical (unpaired) electrons. The van der Waals surface area contributed by atoms with Gasteiger partial charge in [0.1, 0.15) is 5.75 Å². The predicted octanol–water partition coefficient (Wildman–Crippen LogP) is 3.27. The van der Waals surface area contributed by atoms with Gasteiger partial charge >= 0.3 is 5.97 Å². The summed E-state index contributed by atoms with van der Waals surface area (Å²) in [6.45, 7) is 3.75. The van der Waals surface area contributed by atoms with Crippen LogP contribution in [0, 0.1) is 0 Å². The zero-order valence-electron chi connectivity index (χ0n) is 13.1. The number of para-hydroxylation sites is 1. The summed E-state index contributed by atoms with van der Waals surface area (Å²) < 4.78 is 10.5. The minimum atomic E-state index is -0.637. The number of nitrogens with one attached hydrogen (secondary N) is 1. The summed E-state index contributed by atoms with van der Waals surface area (Å²) in [5.74, 6) is -0.0169. The number of amides is 1. The first-order valence-electron chi connectivity index (χ1n) is 7.40. The lowest BCUT2D eigenvalue weighted by atomic mass is 10.2. The third-order valence-electron chi connectivity index (χ3n) is 3.09. The lowest BCUT2D eigenvalue weighted by Gasteiger charge is -2.14. The van der Waals surface area contributed by atoms with E-state index < -0.39 is 6.10 Å². The molecule has 1 atom stereocenters. The summed E-state index contributed by atoms with van der Waals surface area (Å²) in [4.78, 5) is 23.7. The van der Waals surface area contributed by atoms with Gasteiger partial charge in [0.15, 0.2) is 6.10 Å². The number of carbonyl (C=O) groups excluding carboxylic acids is 2. The van der Waals surface area contributed by atoms with Gasteiger partial charge in [-0.25, -0.2) is 4.79 Å². The number of hydrogen-bond donors (Lipinski definition) is 1. The second-order valence-electron chi connectivity index (χ2n) is 4.86. The van der Waals surface area contributed by atoms with Gasteiger partial charge in [0.2, 0.25) is 0 Å². The van der Waals surface area contributed by atoms with Crippen LogP contribution in [0.5, 0.6) is 5.75 Å². The molecule has 0 aromatic heterocycles. The third-order valence-corrected chi connectivity index (χ3v) is 3.09. The molecule has 0 saturated heterocycles. The molecule has 0 bridgehead atoms. The van der Waals surface area contributed by atoms with Crippen LogP contribution in [-0.4, -0.2) is 24.6 Å². The van der Waals surface area contributed by atoms with Crippen LogP contribution in [0.15, 0.2) is 54.6 Å². The molecule has 2 aromatic rings. The van der Waals surface area contributed by atoms with Crippen LogP contribution < -0.4 is 10.1 Å². The molecule has 5 heteroatoms. The van der Waals surface area contributed by atoms with E-state index in [1.165, 1.54) is 0 Å². The minimum Gasteiger partial charge on any atom is -0.481 e. The molecule has 2 aromatic carbocycles. The number of hydrogen-bond acceptors (Lipinski definition) is 4. The first kappa shape index (κ1) is 16.5. The smallest absolute Gasteiger partial charge is 0.338 e. The van der Waals surface area contributed by atoms with Gasteiger partial charge in [-0.3, -0.25) is 4.79 Å². The van der Waals surface area contributed by atoms with E-state index in [1.807, 2.05) is 18.2 Å². The fourth-order valence-corrected chi connectivity index (χ4v) is 1.90. The zero-order valence-corrected chi connectivity index (χ0v) is 13.1. The molecular formula is C18H19NO4. The molecule has 5 nitrogen and oxygen atoms in total. The molecule has 0 fully saturated rings. The third kappa shape index (κ3) is 4.85. The predicted molar refractivity (Wildman–Crippen MR) is 87.6 cm³/mol. The Kier molecular flexibility index (Phi) is 5.74. The summed E-state index contributed by atoms with van der Waals surface area (Å²) in [6, 6.07) is 15.7. The Labute approximate surface area is 135 Å². The molecule has 1 N–H and O–H groups in total. The second-order valence-corrected chi connectivity index (χ2v) is 4.86. The van der Waals surface area contributed by atoms with Gasteiger partial charge in [0.05, 0.1) is 12.2 Å². The van der Waals surface area contributed by atoms with Crippen molar-refractivity contribution < 1.29 is 19.1 Å². The highest BCUT2D eigenvalue weighted by Crippen LogP contribution is 2.14. The Balaban J connectivity index is 1.93. The quantitative estimate of drug-likeness (QED) is 0.831. The van der Waals surface area contributed by atoms with Crippen LogP contribution >= 0.6 is 0 Å². The van der Waals surface area contributed by atoms with Crippen LogP contribution in [-0.2, 0) is 9.53 Å². The van der Waals surface area contributed by atoms with Gasteiger partial charge in [0, 0.05) is 5.69 Å². The van der Waals surface area contributed by atoms with Gasteiger partial charge in [0.25, 0.3) is 5.91 Å². The summed E-state index contributed by atoms with van der Waals surface area (Å²) in [5, 5.41) is 2.74. The Bertz CT molecular complexity index is 652. The van der Waals surface area contributed by atoms with Crippen molar-refractivity contribution in [2.24, 2.45) is 0 Å². The Hall–Kier alpha value is -2.82. The maximum Gasteiger partial charge on any atom is 0.338 e.